The van der Waals surface area contributed by atoms with E-state index in [0.29, 0.717) is 17.5 Å². The zero-order valence-electron chi connectivity index (χ0n) is 13.4. The maximum atomic E-state index is 11.7. The summed E-state index contributed by atoms with van der Waals surface area (Å²) in [4.78, 5) is 40.5. The first kappa shape index (κ1) is 18.9. The molecule has 0 fully saturated rings. The van der Waals surface area contributed by atoms with Gasteiger partial charge in [-0.25, -0.2) is 4.79 Å². The Morgan fingerprint density at radius 1 is 1.20 bits per heavy atom. The molecule has 2 rings (SSSR count). The predicted octanol–water partition coefficient (Wildman–Crippen LogP) is 2.48. The van der Waals surface area contributed by atoms with Crippen LogP contribution in [0.1, 0.15) is 35.3 Å². The van der Waals surface area contributed by atoms with Crippen LogP contribution in [0.15, 0.2) is 22.6 Å². The molecule has 25 heavy (non-hydrogen) atoms. The smallest absolute Gasteiger partial charge is 0.391 e. The van der Waals surface area contributed by atoms with E-state index in [0.717, 1.165) is 12.1 Å². The van der Waals surface area contributed by atoms with E-state index >= 15 is 0 Å². The molecule has 0 atom stereocenters. The number of furan rings is 1. The Labute approximate surface area is 142 Å². The number of nitrogens with zero attached hydrogens (tertiary/aromatic N) is 1. The number of rotatable bonds is 6. The summed E-state index contributed by atoms with van der Waals surface area (Å²) in [5.41, 5.74) is -0.377. The molecule has 10 heteroatoms. The summed E-state index contributed by atoms with van der Waals surface area (Å²) in [6.45, 7) is 3.44. The van der Waals surface area contributed by atoms with Crippen LogP contribution in [0.3, 0.4) is 0 Å². The van der Waals surface area contributed by atoms with Crippen molar-refractivity contribution in [1.29, 1.82) is 0 Å². The molecule has 0 aliphatic rings. The molecule has 0 radical (unpaired) electrons. The van der Waals surface area contributed by atoms with E-state index in [1.165, 1.54) is 6.07 Å². The van der Waals surface area contributed by atoms with Crippen molar-refractivity contribution in [2.75, 3.05) is 0 Å². The lowest BCUT2D eigenvalue weighted by atomic mass is 10.00. The number of hydrogen-bond acceptors (Lipinski definition) is 5. The largest absolute Gasteiger partial charge is 0.478 e. The minimum atomic E-state index is -4.69. The Kier molecular flexibility index (Phi) is 5.12. The molecule has 2 aromatic rings. The van der Waals surface area contributed by atoms with Gasteiger partial charge < -0.3 is 19.3 Å². The van der Waals surface area contributed by atoms with Gasteiger partial charge in [0.2, 0.25) is 5.50 Å². The van der Waals surface area contributed by atoms with E-state index < -0.39 is 29.7 Å². The SMILES string of the molecule is CCc1c(-c2cc(C(=O)O)cc([N+](=O)[O-])c2)oc(P(=O)(O)O)c1CC. The van der Waals surface area contributed by atoms with E-state index in [1.54, 1.807) is 13.8 Å². The highest BCUT2D eigenvalue weighted by atomic mass is 31.2. The summed E-state index contributed by atoms with van der Waals surface area (Å²) in [5, 5.41) is 20.2. The van der Waals surface area contributed by atoms with Gasteiger partial charge in [-0.3, -0.25) is 14.7 Å². The fourth-order valence-corrected chi connectivity index (χ4v) is 3.52. The van der Waals surface area contributed by atoms with Crippen molar-refractivity contribution >= 4 is 24.8 Å². The molecule has 9 nitrogen and oxygen atoms in total. The molecule has 0 unspecified atom stereocenters. The number of hydrogen-bond donors (Lipinski definition) is 3. The van der Waals surface area contributed by atoms with Gasteiger partial charge in [0.05, 0.1) is 10.5 Å². The number of non-ortho nitro benzene ring substituents is 1. The zero-order chi connectivity index (χ0) is 18.9. The minimum Gasteiger partial charge on any atom is -0.478 e. The number of carbonyl (C=O) groups is 1. The molecule has 134 valence electrons. The highest BCUT2D eigenvalue weighted by Crippen LogP contribution is 2.41. The van der Waals surface area contributed by atoms with Crippen LogP contribution < -0.4 is 5.50 Å². The molecule has 1 aromatic heterocycles. The van der Waals surface area contributed by atoms with Crippen LogP contribution in [0.25, 0.3) is 11.3 Å². The van der Waals surface area contributed by atoms with Crippen LogP contribution in [0.4, 0.5) is 5.69 Å². The summed E-state index contributed by atoms with van der Waals surface area (Å²) < 4.78 is 17.0. The number of nitro groups is 1. The normalized spacial score (nSPS) is 11.5. The Morgan fingerprint density at radius 2 is 1.80 bits per heavy atom. The van der Waals surface area contributed by atoms with Gasteiger partial charge >= 0.3 is 13.6 Å². The minimum absolute atomic E-state index is 0.0314. The lowest BCUT2D eigenvalue weighted by Crippen LogP contribution is -2.07. The predicted molar refractivity (Wildman–Crippen MR) is 88.2 cm³/mol. The van der Waals surface area contributed by atoms with Crippen LogP contribution in [0, 0.1) is 10.1 Å². The van der Waals surface area contributed by atoms with E-state index in [1.807, 2.05) is 0 Å². The maximum Gasteiger partial charge on any atom is 0.391 e. The second-order valence-electron chi connectivity index (χ2n) is 5.28. The summed E-state index contributed by atoms with van der Waals surface area (Å²) in [5.74, 6) is -1.33. The lowest BCUT2D eigenvalue weighted by molar-refractivity contribution is -0.384. The second kappa shape index (κ2) is 6.79. The molecule has 0 spiro atoms. The second-order valence-corrected chi connectivity index (χ2v) is 6.77. The average Bonchev–Trinajstić information content (AvgIpc) is 2.92. The number of carboxylic acid groups (broad SMARTS) is 1. The first-order valence-corrected chi connectivity index (χ1v) is 8.95. The van der Waals surface area contributed by atoms with Gasteiger partial charge in [0.25, 0.3) is 5.69 Å². The van der Waals surface area contributed by atoms with Crippen molar-refractivity contribution in [3.05, 3.63) is 45.0 Å². The van der Waals surface area contributed by atoms with E-state index in [2.05, 4.69) is 0 Å². The molecule has 0 saturated carbocycles. The van der Waals surface area contributed by atoms with Crippen molar-refractivity contribution in [1.82, 2.24) is 0 Å². The highest BCUT2D eigenvalue weighted by Gasteiger charge is 2.31. The van der Waals surface area contributed by atoms with Gasteiger partial charge in [-0.15, -0.1) is 0 Å². The average molecular weight is 369 g/mol. The van der Waals surface area contributed by atoms with Crippen LogP contribution in [0.2, 0.25) is 0 Å². The molecule has 0 amide bonds. The van der Waals surface area contributed by atoms with Crippen molar-refractivity contribution in [3.63, 3.8) is 0 Å². The molecule has 0 aliphatic carbocycles. The van der Waals surface area contributed by atoms with E-state index in [-0.39, 0.29) is 23.3 Å². The Morgan fingerprint density at radius 3 is 2.24 bits per heavy atom. The number of aromatic carboxylic acids is 1. The summed E-state index contributed by atoms with van der Waals surface area (Å²) in [6, 6.07) is 3.20. The van der Waals surface area contributed by atoms with Crippen molar-refractivity contribution in [2.24, 2.45) is 0 Å². The van der Waals surface area contributed by atoms with Crippen LogP contribution in [-0.2, 0) is 17.4 Å². The Balaban J connectivity index is 2.82. The van der Waals surface area contributed by atoms with Crippen LogP contribution >= 0.6 is 7.60 Å². The van der Waals surface area contributed by atoms with E-state index in [9.17, 15) is 29.3 Å². The zero-order valence-corrected chi connectivity index (χ0v) is 14.3. The third-order valence-corrected chi connectivity index (χ3v) is 4.59. The first-order chi connectivity index (χ1) is 11.6. The van der Waals surface area contributed by atoms with Crippen LogP contribution in [-0.4, -0.2) is 25.8 Å². The van der Waals surface area contributed by atoms with Gasteiger partial charge in [-0.1, -0.05) is 13.8 Å². The van der Waals surface area contributed by atoms with Crippen LogP contribution in [0.5, 0.6) is 0 Å². The monoisotopic (exact) mass is 369 g/mol. The molecular weight excluding hydrogens is 353 g/mol. The molecule has 0 aliphatic heterocycles. The van der Waals surface area contributed by atoms with Crippen molar-refractivity contribution in [3.8, 4) is 11.3 Å². The van der Waals surface area contributed by atoms with Crippen molar-refractivity contribution in [2.45, 2.75) is 26.7 Å². The third kappa shape index (κ3) is 3.63. The number of benzene rings is 1. The maximum absolute atomic E-state index is 11.7. The summed E-state index contributed by atoms with van der Waals surface area (Å²) in [6.07, 6.45) is 0.640. The van der Waals surface area contributed by atoms with Gasteiger partial charge in [0, 0.05) is 28.8 Å². The molecule has 0 bridgehead atoms. The van der Waals surface area contributed by atoms with Gasteiger partial charge in [-0.05, 0) is 18.9 Å². The molecule has 1 aromatic carbocycles. The number of carboxylic acids is 1. The van der Waals surface area contributed by atoms with Gasteiger partial charge in [0.1, 0.15) is 5.76 Å². The number of nitro benzene ring substituents is 1. The fourth-order valence-electron chi connectivity index (χ4n) is 2.66. The summed E-state index contributed by atoms with van der Waals surface area (Å²) in [7, 11) is -4.69. The highest BCUT2D eigenvalue weighted by molar-refractivity contribution is 7.59. The van der Waals surface area contributed by atoms with Gasteiger partial charge in [0.15, 0.2) is 0 Å². The molecule has 1 heterocycles. The standard InChI is InChI=1S/C15H16NO8P/c1-3-11-12(4-2)15(25(21,22)23)24-13(11)8-5-9(14(17)18)7-10(6-8)16(19)20/h5-7H,3-4H2,1-2H3,(H,17,18)(H2,21,22,23). The quantitative estimate of drug-likeness (QED) is 0.399. The molecular formula is C15H16NO8P. The summed E-state index contributed by atoms with van der Waals surface area (Å²) >= 11 is 0. The van der Waals surface area contributed by atoms with Gasteiger partial charge in [-0.2, -0.15) is 0 Å². The topological polar surface area (TPSA) is 151 Å². The Bertz CT molecular complexity index is 863. The lowest BCUT2D eigenvalue weighted by Gasteiger charge is -2.04. The molecule has 0 saturated heterocycles. The van der Waals surface area contributed by atoms with Crippen molar-refractivity contribution < 1.29 is 33.6 Å². The first-order valence-electron chi connectivity index (χ1n) is 7.33. The Hall–Kier alpha value is -2.48. The third-order valence-electron chi connectivity index (χ3n) is 3.70. The van der Waals surface area contributed by atoms with E-state index in [4.69, 9.17) is 9.52 Å². The fraction of sp³-hybridized carbons (Fsp3) is 0.267. The molecule has 3 N–H and O–H groups in total.